The highest BCUT2D eigenvalue weighted by atomic mass is 35.5. The molecule has 2 N–H and O–H groups in total. The zero-order valence-electron chi connectivity index (χ0n) is 26.2. The number of aryl methyl sites for hydroxylation is 1. The molecule has 15 heteroatoms. The maximum Gasteiger partial charge on any atom is 0.416 e. The highest BCUT2D eigenvalue weighted by Gasteiger charge is 2.38. The van der Waals surface area contributed by atoms with Crippen LogP contribution in [0.1, 0.15) is 46.3 Å². The van der Waals surface area contributed by atoms with Crippen LogP contribution in [0.5, 0.6) is 11.5 Å². The minimum atomic E-state index is -4.99. The smallest absolute Gasteiger partial charge is 0.416 e. The van der Waals surface area contributed by atoms with Crippen LogP contribution < -0.4 is 15.6 Å². The SMILES string of the molecule is Cc1cc2cc(c1F)[C@H](CC(=O)O)NC(=O)[C@H](n1cc(CCN3CC(F)C3)c(C(F)(F)F)cc1=O)c1cc(ccc1F)Oc1cccc(Cl)c1-2. The van der Waals surface area contributed by atoms with Gasteiger partial charge in [-0.15, -0.1) is 0 Å². The average molecular weight is 720 g/mol. The van der Waals surface area contributed by atoms with E-state index in [1.807, 2.05) is 0 Å². The van der Waals surface area contributed by atoms with Crippen molar-refractivity contribution in [3.05, 3.63) is 116 Å². The van der Waals surface area contributed by atoms with Crippen LogP contribution in [0.3, 0.4) is 0 Å². The fourth-order valence-corrected chi connectivity index (χ4v) is 6.57. The van der Waals surface area contributed by atoms with Crippen molar-refractivity contribution in [3.8, 4) is 22.6 Å². The number of carboxylic acids is 1. The number of nitrogens with one attached hydrogen (secondary N) is 1. The molecule has 1 amide bonds. The van der Waals surface area contributed by atoms with E-state index in [1.54, 1.807) is 11.0 Å². The van der Waals surface area contributed by atoms with Crippen molar-refractivity contribution in [1.29, 1.82) is 0 Å². The van der Waals surface area contributed by atoms with Crippen LogP contribution in [-0.4, -0.2) is 52.3 Å². The predicted octanol–water partition coefficient (Wildman–Crippen LogP) is 7.00. The topological polar surface area (TPSA) is 101 Å². The molecule has 262 valence electrons. The Labute approximate surface area is 285 Å². The second-order valence-electron chi connectivity index (χ2n) is 12.2. The molecule has 2 aliphatic heterocycles. The van der Waals surface area contributed by atoms with Crippen LogP contribution in [0.15, 0.2) is 65.6 Å². The number of benzene rings is 3. The monoisotopic (exact) mass is 719 g/mol. The van der Waals surface area contributed by atoms with Gasteiger partial charge in [-0.3, -0.25) is 23.9 Å². The molecule has 2 atom stereocenters. The normalized spacial score (nSPS) is 18.1. The summed E-state index contributed by atoms with van der Waals surface area (Å²) in [5.74, 6) is -4.54. The number of amides is 1. The molecule has 0 spiro atoms. The first-order valence-electron chi connectivity index (χ1n) is 15.4. The third kappa shape index (κ3) is 6.94. The zero-order valence-corrected chi connectivity index (χ0v) is 26.9. The van der Waals surface area contributed by atoms with Crippen LogP contribution >= 0.6 is 11.6 Å². The van der Waals surface area contributed by atoms with Crippen molar-refractivity contribution in [2.45, 2.75) is 44.2 Å². The second-order valence-corrected chi connectivity index (χ2v) is 12.6. The van der Waals surface area contributed by atoms with Gasteiger partial charge in [0.25, 0.3) is 5.56 Å². The number of carbonyl (C=O) groups is 2. The average Bonchev–Trinajstić information content (AvgIpc) is 3.02. The van der Waals surface area contributed by atoms with E-state index in [0.29, 0.717) is 10.1 Å². The molecule has 3 heterocycles. The number of likely N-dealkylation sites (tertiary alicyclic amines) is 1. The number of rotatable bonds is 6. The number of pyridine rings is 1. The molecule has 0 unspecified atom stereocenters. The highest BCUT2D eigenvalue weighted by molar-refractivity contribution is 6.33. The summed E-state index contributed by atoms with van der Waals surface area (Å²) in [6, 6.07) is 7.23. The molecule has 0 aliphatic carbocycles. The zero-order chi connectivity index (χ0) is 36.1. The molecule has 1 fully saturated rings. The van der Waals surface area contributed by atoms with Gasteiger partial charge < -0.3 is 15.2 Å². The fraction of sp³-hybridized carbons (Fsp3) is 0.286. The minimum absolute atomic E-state index is 0.00608. The van der Waals surface area contributed by atoms with Gasteiger partial charge >= 0.3 is 12.1 Å². The van der Waals surface area contributed by atoms with Gasteiger partial charge in [-0.25, -0.2) is 13.2 Å². The van der Waals surface area contributed by atoms with E-state index < -0.39 is 76.6 Å². The van der Waals surface area contributed by atoms with Gasteiger partial charge in [-0.1, -0.05) is 17.7 Å². The van der Waals surface area contributed by atoms with Crippen LogP contribution in [-0.2, 0) is 22.2 Å². The number of hydrogen-bond donors (Lipinski definition) is 2. The first-order chi connectivity index (χ1) is 23.6. The molecule has 4 aromatic rings. The van der Waals surface area contributed by atoms with Gasteiger partial charge in [0, 0.05) is 48.6 Å². The predicted molar refractivity (Wildman–Crippen MR) is 170 cm³/mol. The minimum Gasteiger partial charge on any atom is -0.481 e. The van der Waals surface area contributed by atoms with Crippen molar-refractivity contribution >= 4 is 23.5 Å². The highest BCUT2D eigenvalue weighted by Crippen LogP contribution is 2.42. The lowest BCUT2D eigenvalue weighted by molar-refractivity contribution is -0.139. The molecule has 3 aromatic carbocycles. The Morgan fingerprint density at radius 3 is 2.48 bits per heavy atom. The lowest BCUT2D eigenvalue weighted by Crippen LogP contribution is -2.49. The maximum absolute atomic E-state index is 15.8. The van der Waals surface area contributed by atoms with E-state index in [1.165, 1.54) is 37.3 Å². The first-order valence-corrected chi connectivity index (χ1v) is 15.8. The Bertz CT molecular complexity index is 2060. The number of aliphatic carboxylic acids is 1. The van der Waals surface area contributed by atoms with Crippen molar-refractivity contribution < 1.29 is 45.8 Å². The Kier molecular flexibility index (Phi) is 9.44. The van der Waals surface area contributed by atoms with E-state index in [4.69, 9.17) is 16.3 Å². The molecule has 4 bridgehead atoms. The molecule has 0 radical (unpaired) electrons. The number of carbonyl (C=O) groups excluding carboxylic acids is 1. The van der Waals surface area contributed by atoms with Gasteiger partial charge in [0.2, 0.25) is 5.91 Å². The Morgan fingerprint density at radius 2 is 1.80 bits per heavy atom. The Hall–Kier alpha value is -4.82. The number of carboxylic acid groups (broad SMARTS) is 1. The summed E-state index contributed by atoms with van der Waals surface area (Å²) in [6.45, 7) is 1.44. The van der Waals surface area contributed by atoms with E-state index in [2.05, 4.69) is 5.32 Å². The van der Waals surface area contributed by atoms with Crippen molar-refractivity contribution in [1.82, 2.24) is 14.8 Å². The second kappa shape index (κ2) is 13.5. The molecule has 1 aromatic heterocycles. The van der Waals surface area contributed by atoms with E-state index in [0.717, 1.165) is 18.3 Å². The summed E-state index contributed by atoms with van der Waals surface area (Å²) in [7, 11) is 0. The molecular formula is C35H28ClF6N3O5. The number of hydrogen-bond acceptors (Lipinski definition) is 5. The molecule has 50 heavy (non-hydrogen) atoms. The standard InChI is InChI=1S/C35H28ClF6N3O5/c1-17-9-19-10-23(32(17)39)27(13-30(47)48)43-34(49)33(22-11-21(5-6-26(22)38)50-28-4-2-3-25(36)31(19)28)45-14-18(7-8-44-15-20(37)16-44)24(12-29(45)46)35(40,41)42/h2-6,9-12,14,20,27,33H,7-8,13,15-16H2,1H3,(H,43,49)(H,47,48)/t27-,33+/m0/s1. The fourth-order valence-electron chi connectivity index (χ4n) is 6.29. The van der Waals surface area contributed by atoms with Crippen molar-refractivity contribution in [3.63, 3.8) is 0 Å². The lowest BCUT2D eigenvalue weighted by atomic mass is 9.93. The van der Waals surface area contributed by atoms with E-state index in [9.17, 15) is 37.1 Å². The third-order valence-electron chi connectivity index (χ3n) is 8.71. The summed E-state index contributed by atoms with van der Waals surface area (Å²) >= 11 is 6.57. The quantitative estimate of drug-likeness (QED) is 0.208. The summed E-state index contributed by atoms with van der Waals surface area (Å²) in [5.41, 5.74) is -3.23. The molecule has 8 nitrogen and oxygen atoms in total. The molecule has 1 saturated heterocycles. The summed E-state index contributed by atoms with van der Waals surface area (Å²) < 4.78 is 94.2. The molecular weight excluding hydrogens is 692 g/mol. The first kappa shape index (κ1) is 35.0. The number of nitrogens with zero attached hydrogens (tertiary/aromatic N) is 2. The molecule has 6 rings (SSSR count). The van der Waals surface area contributed by atoms with Crippen LogP contribution in [0.25, 0.3) is 11.1 Å². The lowest BCUT2D eigenvalue weighted by Gasteiger charge is -2.34. The van der Waals surface area contributed by atoms with Crippen LogP contribution in [0.4, 0.5) is 26.3 Å². The van der Waals surface area contributed by atoms with Crippen molar-refractivity contribution in [2.75, 3.05) is 19.6 Å². The number of alkyl halides is 4. The number of halogens is 7. The molecule has 0 saturated carbocycles. The molecule has 2 aliphatic rings. The van der Waals surface area contributed by atoms with Crippen LogP contribution in [0.2, 0.25) is 5.02 Å². The van der Waals surface area contributed by atoms with E-state index in [-0.39, 0.29) is 65.3 Å². The largest absolute Gasteiger partial charge is 0.481 e. The van der Waals surface area contributed by atoms with Crippen molar-refractivity contribution in [2.24, 2.45) is 0 Å². The number of fused-ring (bicyclic) bond motifs is 6. The Balaban J connectivity index is 1.58. The summed E-state index contributed by atoms with van der Waals surface area (Å²) in [4.78, 5) is 41.3. The number of ether oxygens (including phenoxy) is 1. The number of aromatic nitrogens is 1. The van der Waals surface area contributed by atoms with Gasteiger partial charge in [-0.05, 0) is 72.5 Å². The third-order valence-corrected chi connectivity index (χ3v) is 9.03. The van der Waals surface area contributed by atoms with E-state index >= 15 is 8.78 Å². The van der Waals surface area contributed by atoms with Gasteiger partial charge in [0.05, 0.1) is 23.0 Å². The maximum atomic E-state index is 15.8. The summed E-state index contributed by atoms with van der Waals surface area (Å²) in [5, 5.41) is 12.4. The van der Waals surface area contributed by atoms with Gasteiger partial charge in [0.1, 0.15) is 35.3 Å². The van der Waals surface area contributed by atoms with Gasteiger partial charge in [0.15, 0.2) is 0 Å². The Morgan fingerprint density at radius 1 is 1.06 bits per heavy atom. The van der Waals surface area contributed by atoms with Gasteiger partial charge in [-0.2, -0.15) is 13.2 Å². The van der Waals surface area contributed by atoms with Crippen LogP contribution in [0, 0.1) is 18.6 Å². The summed E-state index contributed by atoms with van der Waals surface area (Å²) in [6.07, 6.45) is -6.49.